The molecule has 1 unspecified atom stereocenters. The van der Waals surface area contributed by atoms with Gasteiger partial charge in [-0.3, -0.25) is 4.79 Å². The third kappa shape index (κ3) is 7.13. The summed E-state index contributed by atoms with van der Waals surface area (Å²) in [5.41, 5.74) is 0.391. The molecule has 146 valence electrons. The van der Waals surface area contributed by atoms with E-state index < -0.39 is 17.7 Å². The number of amides is 1. The topological polar surface area (TPSA) is 59.8 Å². The molecule has 0 aliphatic rings. The molecule has 1 amide bonds. The van der Waals surface area contributed by atoms with Gasteiger partial charge in [0.15, 0.2) is 5.78 Å². The molecule has 5 nitrogen and oxygen atoms in total. The van der Waals surface area contributed by atoms with E-state index in [-0.39, 0.29) is 5.78 Å². The SMILES string of the molecule is CN(C(=O)OC(C)(C)C)C(Cc1ccccc1)C(=O)CSCc1ccco1. The van der Waals surface area contributed by atoms with Gasteiger partial charge in [-0.1, -0.05) is 30.3 Å². The number of furan rings is 1. The quantitative estimate of drug-likeness (QED) is 0.662. The molecule has 6 heteroatoms. The molecular weight excluding hydrogens is 362 g/mol. The molecule has 0 aliphatic carbocycles. The number of benzene rings is 1. The van der Waals surface area contributed by atoms with Gasteiger partial charge in [0.1, 0.15) is 11.4 Å². The highest BCUT2D eigenvalue weighted by atomic mass is 32.2. The summed E-state index contributed by atoms with van der Waals surface area (Å²) in [7, 11) is 1.62. The van der Waals surface area contributed by atoms with Gasteiger partial charge < -0.3 is 14.1 Å². The third-order valence-electron chi connectivity index (χ3n) is 3.86. The molecule has 0 saturated carbocycles. The minimum absolute atomic E-state index is 0.0104. The zero-order valence-corrected chi connectivity index (χ0v) is 17.1. The second kappa shape index (κ2) is 9.65. The van der Waals surface area contributed by atoms with Gasteiger partial charge in [0, 0.05) is 13.5 Å². The van der Waals surface area contributed by atoms with Crippen LogP contribution < -0.4 is 0 Å². The Kier molecular flexibility index (Phi) is 7.54. The van der Waals surface area contributed by atoms with Crippen LogP contribution in [0.5, 0.6) is 0 Å². The zero-order chi connectivity index (χ0) is 19.9. The number of ether oxygens (including phenoxy) is 1. The van der Waals surface area contributed by atoms with Crippen LogP contribution in [0.25, 0.3) is 0 Å². The first-order valence-electron chi connectivity index (χ1n) is 8.89. The Bertz CT molecular complexity index is 722. The average Bonchev–Trinajstić information content (AvgIpc) is 3.12. The van der Waals surface area contributed by atoms with E-state index in [0.29, 0.717) is 17.9 Å². The summed E-state index contributed by atoms with van der Waals surface area (Å²) in [6.45, 7) is 5.43. The highest BCUT2D eigenvalue weighted by Gasteiger charge is 2.30. The number of thioether (sulfide) groups is 1. The van der Waals surface area contributed by atoms with E-state index in [4.69, 9.17) is 9.15 Å². The lowest BCUT2D eigenvalue weighted by molar-refractivity contribution is -0.121. The Hall–Kier alpha value is -2.21. The van der Waals surface area contributed by atoms with E-state index in [2.05, 4.69) is 0 Å². The fraction of sp³-hybridized carbons (Fsp3) is 0.429. The van der Waals surface area contributed by atoms with Crippen LogP contribution in [0.15, 0.2) is 53.1 Å². The van der Waals surface area contributed by atoms with Gasteiger partial charge in [0.25, 0.3) is 0 Å². The number of rotatable bonds is 8. The van der Waals surface area contributed by atoms with Crippen LogP contribution in [-0.4, -0.2) is 41.2 Å². The zero-order valence-electron chi connectivity index (χ0n) is 16.3. The number of nitrogens with zero attached hydrogens (tertiary/aromatic N) is 1. The van der Waals surface area contributed by atoms with Crippen molar-refractivity contribution < 1.29 is 18.7 Å². The summed E-state index contributed by atoms with van der Waals surface area (Å²) in [5.74, 6) is 1.73. The summed E-state index contributed by atoms with van der Waals surface area (Å²) in [6, 6.07) is 12.8. The Balaban J connectivity index is 2.05. The first-order chi connectivity index (χ1) is 12.8. The van der Waals surface area contributed by atoms with Gasteiger partial charge in [0.2, 0.25) is 0 Å². The molecule has 1 heterocycles. The fourth-order valence-corrected chi connectivity index (χ4v) is 3.37. The molecule has 0 spiro atoms. The molecule has 0 aliphatic heterocycles. The van der Waals surface area contributed by atoms with Crippen molar-refractivity contribution in [2.45, 2.75) is 44.6 Å². The number of hydrogen-bond acceptors (Lipinski definition) is 5. The van der Waals surface area contributed by atoms with Gasteiger partial charge in [-0.2, -0.15) is 0 Å². The number of carbonyl (C=O) groups excluding carboxylic acids is 2. The minimum atomic E-state index is -0.611. The van der Waals surface area contributed by atoms with Crippen LogP contribution in [0.2, 0.25) is 0 Å². The van der Waals surface area contributed by atoms with E-state index in [1.165, 1.54) is 16.7 Å². The molecule has 1 aromatic carbocycles. The monoisotopic (exact) mass is 389 g/mol. The summed E-state index contributed by atoms with van der Waals surface area (Å²) in [6.07, 6.45) is 1.58. The van der Waals surface area contributed by atoms with Crippen molar-refractivity contribution in [3.05, 3.63) is 60.1 Å². The molecule has 0 radical (unpaired) electrons. The lowest BCUT2D eigenvalue weighted by Crippen LogP contribution is -2.46. The van der Waals surface area contributed by atoms with Crippen molar-refractivity contribution in [2.75, 3.05) is 12.8 Å². The van der Waals surface area contributed by atoms with Crippen LogP contribution in [0, 0.1) is 0 Å². The average molecular weight is 390 g/mol. The molecule has 0 bridgehead atoms. The molecule has 27 heavy (non-hydrogen) atoms. The van der Waals surface area contributed by atoms with Crippen molar-refractivity contribution in [3.63, 3.8) is 0 Å². The Morgan fingerprint density at radius 1 is 1.15 bits per heavy atom. The molecule has 0 fully saturated rings. The van der Waals surface area contributed by atoms with Crippen LogP contribution in [0.3, 0.4) is 0 Å². The Labute approximate surface area is 165 Å². The van der Waals surface area contributed by atoms with Gasteiger partial charge >= 0.3 is 6.09 Å². The maximum Gasteiger partial charge on any atom is 0.410 e. The van der Waals surface area contributed by atoms with Gasteiger partial charge in [-0.05, 0) is 38.5 Å². The molecule has 2 aromatic rings. The van der Waals surface area contributed by atoms with Crippen molar-refractivity contribution in [1.82, 2.24) is 4.90 Å². The molecule has 1 atom stereocenters. The normalized spacial score (nSPS) is 12.4. The third-order valence-corrected chi connectivity index (χ3v) is 4.84. The largest absolute Gasteiger partial charge is 0.468 e. The number of carbonyl (C=O) groups is 2. The van der Waals surface area contributed by atoms with E-state index in [9.17, 15) is 9.59 Å². The summed E-state index contributed by atoms with van der Waals surface area (Å²) < 4.78 is 10.7. The number of likely N-dealkylation sites (N-methyl/N-ethyl adjacent to an activating group) is 1. The number of Topliss-reactive ketones (excluding diaryl/α,β-unsaturated/α-hetero) is 1. The first kappa shape index (κ1) is 21.1. The predicted molar refractivity (Wildman–Crippen MR) is 108 cm³/mol. The van der Waals surface area contributed by atoms with Crippen molar-refractivity contribution in [2.24, 2.45) is 0 Å². The van der Waals surface area contributed by atoms with E-state index in [0.717, 1.165) is 11.3 Å². The molecule has 0 saturated heterocycles. The van der Waals surface area contributed by atoms with E-state index >= 15 is 0 Å². The van der Waals surface area contributed by atoms with Crippen molar-refractivity contribution >= 4 is 23.6 Å². The smallest absolute Gasteiger partial charge is 0.410 e. The van der Waals surface area contributed by atoms with E-state index in [1.54, 1.807) is 13.3 Å². The lowest BCUT2D eigenvalue weighted by atomic mass is 10.0. The van der Waals surface area contributed by atoms with Crippen molar-refractivity contribution in [3.8, 4) is 0 Å². The summed E-state index contributed by atoms with van der Waals surface area (Å²) in [4.78, 5) is 26.8. The lowest BCUT2D eigenvalue weighted by Gasteiger charge is -2.30. The van der Waals surface area contributed by atoms with Gasteiger partial charge in [0.05, 0.1) is 23.8 Å². The summed E-state index contributed by atoms with van der Waals surface area (Å²) >= 11 is 1.48. The minimum Gasteiger partial charge on any atom is -0.468 e. The predicted octanol–water partition coefficient (Wildman–Crippen LogP) is 4.56. The van der Waals surface area contributed by atoms with Gasteiger partial charge in [-0.25, -0.2) is 4.79 Å². The Morgan fingerprint density at radius 2 is 1.85 bits per heavy atom. The molecular formula is C21H27NO4S. The second-order valence-corrected chi connectivity index (χ2v) is 8.32. The number of ketones is 1. The molecule has 0 N–H and O–H groups in total. The molecule has 2 rings (SSSR count). The van der Waals surface area contributed by atoms with Gasteiger partial charge in [-0.15, -0.1) is 11.8 Å². The van der Waals surface area contributed by atoms with E-state index in [1.807, 2.05) is 63.2 Å². The van der Waals surface area contributed by atoms with Crippen LogP contribution >= 0.6 is 11.8 Å². The highest BCUT2D eigenvalue weighted by Crippen LogP contribution is 2.18. The van der Waals surface area contributed by atoms with Crippen LogP contribution in [0.1, 0.15) is 32.1 Å². The second-order valence-electron chi connectivity index (χ2n) is 7.34. The standard InChI is InChI=1S/C21H27NO4S/c1-21(2,3)26-20(24)22(4)18(13-16-9-6-5-7-10-16)19(23)15-27-14-17-11-8-12-25-17/h5-12,18H,13-15H2,1-4H3. The van der Waals surface area contributed by atoms with Crippen molar-refractivity contribution in [1.29, 1.82) is 0 Å². The Morgan fingerprint density at radius 3 is 2.44 bits per heavy atom. The summed E-state index contributed by atoms with van der Waals surface area (Å²) in [5, 5.41) is 0. The van der Waals surface area contributed by atoms with Crippen LogP contribution in [0.4, 0.5) is 4.79 Å². The maximum absolute atomic E-state index is 12.9. The highest BCUT2D eigenvalue weighted by molar-refractivity contribution is 7.99. The maximum atomic E-state index is 12.9. The first-order valence-corrected chi connectivity index (χ1v) is 10.0. The fourth-order valence-electron chi connectivity index (χ4n) is 2.51. The van der Waals surface area contributed by atoms with Crippen LogP contribution in [-0.2, 0) is 21.7 Å². The molecule has 1 aromatic heterocycles. The number of hydrogen-bond donors (Lipinski definition) is 0.